The van der Waals surface area contributed by atoms with Gasteiger partial charge in [-0.1, -0.05) is 50.1 Å². The number of aromatic nitrogens is 3. The second-order valence-corrected chi connectivity index (χ2v) is 7.55. The fraction of sp³-hybridized carbons (Fsp3) is 0.562. The van der Waals surface area contributed by atoms with Crippen LogP contribution in [0.1, 0.15) is 40.0 Å². The topological polar surface area (TPSA) is 70.7 Å². The van der Waals surface area contributed by atoms with E-state index in [0.717, 1.165) is 18.4 Å². The quantitative estimate of drug-likeness (QED) is 0.702. The summed E-state index contributed by atoms with van der Waals surface area (Å²) in [6, 6.07) is 1.98. The summed E-state index contributed by atoms with van der Waals surface area (Å²) in [7, 11) is 0. The van der Waals surface area contributed by atoms with Crippen LogP contribution >= 0.6 is 23.4 Å². The van der Waals surface area contributed by atoms with Crippen molar-refractivity contribution in [2.24, 2.45) is 5.92 Å². The Morgan fingerprint density at radius 1 is 1.39 bits per heavy atom. The van der Waals surface area contributed by atoms with Gasteiger partial charge in [-0.2, -0.15) is 0 Å². The fourth-order valence-electron chi connectivity index (χ4n) is 2.28. The number of H-pyrrole nitrogens is 1. The molecule has 0 spiro atoms. The van der Waals surface area contributed by atoms with Crippen LogP contribution in [0.4, 0.5) is 0 Å². The second kappa shape index (κ2) is 8.55. The first-order valence-electron chi connectivity index (χ1n) is 7.87. The maximum atomic E-state index is 12.0. The molecule has 2 aromatic rings. The number of nitrogens with zero attached hydrogens (tertiary/aromatic N) is 2. The Hall–Kier alpha value is -1.27. The summed E-state index contributed by atoms with van der Waals surface area (Å²) in [6.45, 7) is 6.49. The first kappa shape index (κ1) is 18.1. The van der Waals surface area contributed by atoms with Gasteiger partial charge in [-0.3, -0.25) is 4.79 Å². The summed E-state index contributed by atoms with van der Waals surface area (Å²) < 4.78 is 0. The fourth-order valence-corrected chi connectivity index (χ4v) is 3.12. The summed E-state index contributed by atoms with van der Waals surface area (Å²) >= 11 is 7.26. The van der Waals surface area contributed by atoms with Crippen molar-refractivity contribution in [2.45, 2.75) is 51.2 Å². The molecule has 1 atom stereocenters. The first-order chi connectivity index (χ1) is 10.9. The predicted molar refractivity (Wildman–Crippen MR) is 95.9 cm³/mol. The number of thioether (sulfide) groups is 1. The van der Waals surface area contributed by atoms with Crippen LogP contribution in [0.2, 0.25) is 5.02 Å². The minimum atomic E-state index is 0.0264. The highest BCUT2D eigenvalue weighted by atomic mass is 35.5. The molecular formula is C16H23ClN4OS. The average molecular weight is 355 g/mol. The molecule has 2 heterocycles. The van der Waals surface area contributed by atoms with Gasteiger partial charge in [0.1, 0.15) is 0 Å². The SMILES string of the molecule is CC(C)CCC[C@@H](C)NC(=O)CSc1nc2ncc(Cl)cc2[nH]1. The number of amides is 1. The van der Waals surface area contributed by atoms with Crippen LogP contribution in [-0.2, 0) is 4.79 Å². The van der Waals surface area contributed by atoms with Crippen LogP contribution in [0.15, 0.2) is 17.4 Å². The Balaban J connectivity index is 1.76. The number of aromatic amines is 1. The lowest BCUT2D eigenvalue weighted by Crippen LogP contribution is -2.33. The molecule has 2 rings (SSSR count). The highest BCUT2D eigenvalue weighted by Crippen LogP contribution is 2.20. The lowest BCUT2D eigenvalue weighted by Gasteiger charge is -2.14. The number of imidazole rings is 1. The predicted octanol–water partition coefficient (Wildman–Crippen LogP) is 4.03. The minimum absolute atomic E-state index is 0.0264. The van der Waals surface area contributed by atoms with Crippen molar-refractivity contribution in [1.82, 2.24) is 20.3 Å². The van der Waals surface area contributed by atoms with Gasteiger partial charge in [-0.25, -0.2) is 9.97 Å². The highest BCUT2D eigenvalue weighted by Gasteiger charge is 2.10. The number of pyridine rings is 1. The molecule has 0 aromatic carbocycles. The van der Waals surface area contributed by atoms with Gasteiger partial charge in [0.2, 0.25) is 5.91 Å². The normalized spacial score (nSPS) is 12.7. The molecule has 2 N–H and O–H groups in total. The summed E-state index contributed by atoms with van der Waals surface area (Å²) in [6.07, 6.45) is 4.91. The molecule has 23 heavy (non-hydrogen) atoms. The van der Waals surface area contributed by atoms with Crippen LogP contribution < -0.4 is 5.32 Å². The molecule has 0 unspecified atom stereocenters. The van der Waals surface area contributed by atoms with E-state index in [1.807, 2.05) is 0 Å². The third-order valence-corrected chi connectivity index (χ3v) is 4.53. The molecule has 0 fully saturated rings. The molecule has 0 bridgehead atoms. The zero-order valence-corrected chi connectivity index (χ0v) is 15.3. The number of hydrogen-bond acceptors (Lipinski definition) is 4. The Labute approximate surface area is 146 Å². The maximum Gasteiger partial charge on any atom is 0.230 e. The number of rotatable bonds is 8. The zero-order chi connectivity index (χ0) is 16.8. The molecule has 1 amide bonds. The molecule has 0 aliphatic rings. The van der Waals surface area contributed by atoms with E-state index in [1.54, 1.807) is 12.3 Å². The van der Waals surface area contributed by atoms with Crippen molar-refractivity contribution in [1.29, 1.82) is 0 Å². The summed E-state index contributed by atoms with van der Waals surface area (Å²) in [5, 5.41) is 4.27. The number of halogens is 1. The zero-order valence-electron chi connectivity index (χ0n) is 13.7. The van der Waals surface area contributed by atoms with E-state index in [9.17, 15) is 4.79 Å². The second-order valence-electron chi connectivity index (χ2n) is 6.15. The van der Waals surface area contributed by atoms with E-state index in [1.165, 1.54) is 18.2 Å². The van der Waals surface area contributed by atoms with Gasteiger partial charge in [-0.05, 0) is 25.3 Å². The summed E-state index contributed by atoms with van der Waals surface area (Å²) in [5.41, 5.74) is 1.39. The monoisotopic (exact) mass is 354 g/mol. The number of carbonyl (C=O) groups excluding carboxylic acids is 1. The van der Waals surface area contributed by atoms with Crippen molar-refractivity contribution in [3.8, 4) is 0 Å². The molecule has 0 saturated carbocycles. The summed E-state index contributed by atoms with van der Waals surface area (Å²) in [5.74, 6) is 1.07. The number of nitrogens with one attached hydrogen (secondary N) is 2. The Kier molecular flexibility index (Phi) is 6.72. The average Bonchev–Trinajstić information content (AvgIpc) is 2.86. The third-order valence-electron chi connectivity index (χ3n) is 3.45. The van der Waals surface area contributed by atoms with Gasteiger partial charge in [0.05, 0.1) is 16.3 Å². The largest absolute Gasteiger partial charge is 0.353 e. The van der Waals surface area contributed by atoms with Gasteiger partial charge in [0.15, 0.2) is 10.8 Å². The van der Waals surface area contributed by atoms with Crippen LogP contribution in [0.5, 0.6) is 0 Å². The third kappa shape index (κ3) is 6.03. The molecule has 0 aliphatic heterocycles. The van der Waals surface area contributed by atoms with Gasteiger partial charge in [0.25, 0.3) is 0 Å². The molecule has 126 valence electrons. The van der Waals surface area contributed by atoms with Crippen molar-refractivity contribution >= 4 is 40.4 Å². The standard InChI is InChI=1S/C16H23ClN4OS/c1-10(2)5-4-6-11(3)19-14(22)9-23-16-20-13-7-12(17)8-18-15(13)21-16/h7-8,10-11H,4-6,9H2,1-3H3,(H,19,22)(H,18,20,21)/t11-/m1/s1. The van der Waals surface area contributed by atoms with Crippen molar-refractivity contribution in [3.63, 3.8) is 0 Å². The van der Waals surface area contributed by atoms with Gasteiger partial charge >= 0.3 is 0 Å². The maximum absolute atomic E-state index is 12.0. The van der Waals surface area contributed by atoms with Gasteiger partial charge in [-0.15, -0.1) is 0 Å². The van der Waals surface area contributed by atoms with Crippen LogP contribution in [0, 0.1) is 5.92 Å². The first-order valence-corrected chi connectivity index (χ1v) is 9.24. The van der Waals surface area contributed by atoms with E-state index in [2.05, 4.69) is 41.0 Å². The lowest BCUT2D eigenvalue weighted by atomic mass is 10.0. The van der Waals surface area contributed by atoms with Crippen molar-refractivity contribution in [2.75, 3.05) is 5.75 Å². The van der Waals surface area contributed by atoms with Crippen LogP contribution in [0.25, 0.3) is 11.2 Å². The Morgan fingerprint density at radius 2 is 2.17 bits per heavy atom. The van der Waals surface area contributed by atoms with E-state index >= 15 is 0 Å². The van der Waals surface area contributed by atoms with Crippen LogP contribution in [-0.4, -0.2) is 32.7 Å². The Bertz CT molecular complexity index is 659. The lowest BCUT2D eigenvalue weighted by molar-refractivity contribution is -0.119. The van der Waals surface area contributed by atoms with Crippen molar-refractivity contribution in [3.05, 3.63) is 17.3 Å². The molecule has 5 nitrogen and oxygen atoms in total. The molecule has 0 saturated heterocycles. The van der Waals surface area contributed by atoms with Crippen LogP contribution in [0.3, 0.4) is 0 Å². The summed E-state index contributed by atoms with van der Waals surface area (Å²) in [4.78, 5) is 23.6. The smallest absolute Gasteiger partial charge is 0.230 e. The number of carbonyl (C=O) groups is 1. The minimum Gasteiger partial charge on any atom is -0.353 e. The van der Waals surface area contributed by atoms with Gasteiger partial charge < -0.3 is 10.3 Å². The van der Waals surface area contributed by atoms with E-state index in [-0.39, 0.29) is 11.9 Å². The number of fused-ring (bicyclic) bond motifs is 1. The molecule has 0 radical (unpaired) electrons. The molecular weight excluding hydrogens is 332 g/mol. The Morgan fingerprint density at radius 3 is 2.91 bits per heavy atom. The molecule has 0 aliphatic carbocycles. The molecule has 2 aromatic heterocycles. The van der Waals surface area contributed by atoms with E-state index < -0.39 is 0 Å². The molecule has 7 heteroatoms. The van der Waals surface area contributed by atoms with E-state index in [4.69, 9.17) is 11.6 Å². The van der Waals surface area contributed by atoms with Gasteiger partial charge in [0, 0.05) is 12.2 Å². The van der Waals surface area contributed by atoms with E-state index in [0.29, 0.717) is 27.5 Å². The highest BCUT2D eigenvalue weighted by molar-refractivity contribution is 7.99. The number of hydrogen-bond donors (Lipinski definition) is 2. The van der Waals surface area contributed by atoms with Crippen molar-refractivity contribution < 1.29 is 4.79 Å².